The lowest BCUT2D eigenvalue weighted by atomic mass is 10.1. The number of para-hydroxylation sites is 1. The average molecular weight is 311 g/mol. The fourth-order valence-corrected chi connectivity index (χ4v) is 3.25. The number of aromatic nitrogens is 2. The summed E-state index contributed by atoms with van der Waals surface area (Å²) < 4.78 is 31.2. The molecule has 0 saturated heterocycles. The maximum absolute atomic E-state index is 11.8. The fourth-order valence-electron chi connectivity index (χ4n) is 2.42. The van der Waals surface area contributed by atoms with Crippen molar-refractivity contribution in [1.29, 1.82) is 0 Å². The van der Waals surface area contributed by atoms with Crippen molar-refractivity contribution in [3.8, 4) is 0 Å². The molecule has 0 fully saturated rings. The molecule has 0 saturated carbocycles. The van der Waals surface area contributed by atoms with Gasteiger partial charge >= 0.3 is 0 Å². The van der Waals surface area contributed by atoms with Gasteiger partial charge in [0.25, 0.3) is 0 Å². The summed E-state index contributed by atoms with van der Waals surface area (Å²) in [7, 11) is -3.35. The van der Waals surface area contributed by atoms with Gasteiger partial charge in [-0.2, -0.15) is 0 Å². The van der Waals surface area contributed by atoms with Gasteiger partial charge in [0.05, 0.1) is 22.6 Å². The fraction of sp³-hybridized carbons (Fsp3) is 0.500. The molecule has 1 aromatic heterocycles. The molecule has 0 spiro atoms. The Morgan fingerprint density at radius 1 is 1.38 bits per heavy atom. The minimum absolute atomic E-state index is 0.194. The summed E-state index contributed by atoms with van der Waals surface area (Å²) in [6.07, 6.45) is 1.17. The van der Waals surface area contributed by atoms with Crippen LogP contribution in [0.3, 0.4) is 0 Å². The summed E-state index contributed by atoms with van der Waals surface area (Å²) in [5.41, 5.74) is 6.66. The molecule has 0 unspecified atom stereocenters. The number of anilines is 1. The molecular weight excluding hydrogens is 290 g/mol. The molecule has 7 heteroatoms. The number of nitrogens with two attached hydrogens (primary N) is 1. The number of rotatable bonds is 5. The van der Waals surface area contributed by atoms with Gasteiger partial charge in [0, 0.05) is 12.9 Å². The molecule has 0 atom stereocenters. The van der Waals surface area contributed by atoms with E-state index in [1.165, 1.54) is 6.26 Å². The van der Waals surface area contributed by atoms with Crippen molar-refractivity contribution in [2.75, 3.05) is 18.6 Å². The van der Waals surface area contributed by atoms with E-state index in [0.717, 1.165) is 0 Å². The van der Waals surface area contributed by atoms with Gasteiger partial charge in [-0.3, -0.25) is 0 Å². The highest BCUT2D eigenvalue weighted by atomic mass is 32.2. The van der Waals surface area contributed by atoms with E-state index >= 15 is 0 Å². The Hall–Kier alpha value is -1.60. The number of fused-ring (bicyclic) bond motifs is 1. The number of ether oxygens (including phenoxy) is 1. The SMILES string of the molecule is CCOC(C)(C)Cn1c(N)nc2c(S(C)(=O)=O)cccc21. The Morgan fingerprint density at radius 2 is 2.05 bits per heavy atom. The van der Waals surface area contributed by atoms with E-state index in [1.54, 1.807) is 16.7 Å². The quantitative estimate of drug-likeness (QED) is 0.910. The zero-order valence-electron chi connectivity index (χ0n) is 12.8. The number of hydrogen-bond donors (Lipinski definition) is 1. The van der Waals surface area contributed by atoms with Crippen molar-refractivity contribution in [1.82, 2.24) is 9.55 Å². The lowest BCUT2D eigenvalue weighted by Crippen LogP contribution is -2.31. The third-order valence-electron chi connectivity index (χ3n) is 3.24. The van der Waals surface area contributed by atoms with E-state index in [4.69, 9.17) is 10.5 Å². The van der Waals surface area contributed by atoms with Gasteiger partial charge < -0.3 is 15.0 Å². The molecule has 0 amide bonds. The lowest BCUT2D eigenvalue weighted by molar-refractivity contribution is -0.0212. The zero-order valence-corrected chi connectivity index (χ0v) is 13.6. The molecule has 1 heterocycles. The first-order valence-electron chi connectivity index (χ1n) is 6.74. The van der Waals surface area contributed by atoms with Gasteiger partial charge in [0.15, 0.2) is 9.84 Å². The second kappa shape index (κ2) is 5.31. The van der Waals surface area contributed by atoms with Crippen LogP contribution in [0, 0.1) is 0 Å². The second-order valence-electron chi connectivity index (χ2n) is 5.64. The number of imidazole rings is 1. The molecule has 0 radical (unpaired) electrons. The first kappa shape index (κ1) is 15.8. The molecule has 116 valence electrons. The van der Waals surface area contributed by atoms with Crippen LogP contribution in [-0.2, 0) is 21.1 Å². The van der Waals surface area contributed by atoms with Crippen LogP contribution in [0.2, 0.25) is 0 Å². The van der Waals surface area contributed by atoms with Crippen molar-refractivity contribution in [2.45, 2.75) is 37.8 Å². The summed E-state index contributed by atoms with van der Waals surface area (Å²) in [5, 5.41) is 0. The zero-order chi connectivity index (χ0) is 15.8. The van der Waals surface area contributed by atoms with Crippen LogP contribution in [0.15, 0.2) is 23.1 Å². The summed E-state index contributed by atoms with van der Waals surface area (Å²) >= 11 is 0. The first-order valence-corrected chi connectivity index (χ1v) is 8.63. The Morgan fingerprint density at radius 3 is 2.62 bits per heavy atom. The lowest BCUT2D eigenvalue weighted by Gasteiger charge is -2.25. The highest BCUT2D eigenvalue weighted by molar-refractivity contribution is 7.91. The standard InChI is InChI=1S/C14H21N3O3S/c1-5-20-14(2,3)9-17-10-7-6-8-11(21(4,18)19)12(10)16-13(17)15/h6-8H,5,9H2,1-4H3,(H2,15,16). The van der Waals surface area contributed by atoms with Crippen LogP contribution >= 0.6 is 0 Å². The normalized spacial score (nSPS) is 13.0. The maximum Gasteiger partial charge on any atom is 0.201 e. The number of hydrogen-bond acceptors (Lipinski definition) is 5. The second-order valence-corrected chi connectivity index (χ2v) is 7.63. The molecule has 2 rings (SSSR count). The van der Waals surface area contributed by atoms with E-state index in [-0.39, 0.29) is 10.8 Å². The van der Waals surface area contributed by atoms with Crippen LogP contribution in [0.1, 0.15) is 20.8 Å². The van der Waals surface area contributed by atoms with Crippen molar-refractivity contribution in [3.63, 3.8) is 0 Å². The molecule has 2 N–H and O–H groups in total. The maximum atomic E-state index is 11.8. The average Bonchev–Trinajstić information content (AvgIpc) is 2.64. The van der Waals surface area contributed by atoms with Crippen LogP contribution in [0.25, 0.3) is 11.0 Å². The van der Waals surface area contributed by atoms with Gasteiger partial charge in [0.1, 0.15) is 5.52 Å². The van der Waals surface area contributed by atoms with Crippen molar-refractivity contribution < 1.29 is 13.2 Å². The van der Waals surface area contributed by atoms with Gasteiger partial charge in [-0.25, -0.2) is 13.4 Å². The molecule has 0 aliphatic carbocycles. The van der Waals surface area contributed by atoms with E-state index in [1.807, 2.05) is 26.8 Å². The Labute approximate surface area is 124 Å². The summed E-state index contributed by atoms with van der Waals surface area (Å²) in [6, 6.07) is 5.06. The van der Waals surface area contributed by atoms with E-state index in [2.05, 4.69) is 4.98 Å². The number of sulfone groups is 1. The highest BCUT2D eigenvalue weighted by Crippen LogP contribution is 2.27. The van der Waals surface area contributed by atoms with E-state index in [9.17, 15) is 8.42 Å². The predicted molar refractivity (Wildman–Crippen MR) is 83.0 cm³/mol. The summed E-state index contributed by atoms with van der Waals surface area (Å²) in [5.74, 6) is 0.286. The number of nitrogen functional groups attached to an aromatic ring is 1. The van der Waals surface area contributed by atoms with Crippen LogP contribution in [0.5, 0.6) is 0 Å². The molecule has 6 nitrogen and oxygen atoms in total. The van der Waals surface area contributed by atoms with Crippen molar-refractivity contribution in [2.24, 2.45) is 0 Å². The summed E-state index contributed by atoms with van der Waals surface area (Å²) in [6.45, 7) is 6.94. The molecule has 0 aliphatic heterocycles. The van der Waals surface area contributed by atoms with Crippen LogP contribution in [-0.4, -0.2) is 36.4 Å². The number of nitrogens with zero attached hydrogens (tertiary/aromatic N) is 2. The number of benzene rings is 1. The highest BCUT2D eigenvalue weighted by Gasteiger charge is 2.23. The molecule has 0 aliphatic rings. The smallest absolute Gasteiger partial charge is 0.201 e. The van der Waals surface area contributed by atoms with Gasteiger partial charge in [-0.1, -0.05) is 6.07 Å². The summed E-state index contributed by atoms with van der Waals surface area (Å²) in [4.78, 5) is 4.42. The van der Waals surface area contributed by atoms with E-state index in [0.29, 0.717) is 24.2 Å². The van der Waals surface area contributed by atoms with Crippen LogP contribution in [0.4, 0.5) is 5.95 Å². The minimum atomic E-state index is -3.35. The first-order chi connectivity index (χ1) is 9.65. The molecule has 0 bridgehead atoms. The topological polar surface area (TPSA) is 87.2 Å². The van der Waals surface area contributed by atoms with Crippen LogP contribution < -0.4 is 5.73 Å². The largest absolute Gasteiger partial charge is 0.374 e. The molecule has 21 heavy (non-hydrogen) atoms. The van der Waals surface area contributed by atoms with Crippen molar-refractivity contribution >= 4 is 26.8 Å². The molecule has 1 aromatic carbocycles. The van der Waals surface area contributed by atoms with Gasteiger partial charge in [-0.15, -0.1) is 0 Å². The minimum Gasteiger partial charge on any atom is -0.374 e. The van der Waals surface area contributed by atoms with Gasteiger partial charge in [-0.05, 0) is 32.9 Å². The molecule has 2 aromatic rings. The Kier molecular flexibility index (Phi) is 3.99. The monoisotopic (exact) mass is 311 g/mol. The third kappa shape index (κ3) is 3.19. The third-order valence-corrected chi connectivity index (χ3v) is 4.37. The Balaban J connectivity index is 2.60. The van der Waals surface area contributed by atoms with Gasteiger partial charge in [0.2, 0.25) is 5.95 Å². The predicted octanol–water partition coefficient (Wildman–Crippen LogP) is 1.84. The van der Waals surface area contributed by atoms with E-state index < -0.39 is 15.4 Å². The Bertz CT molecular complexity index is 763. The van der Waals surface area contributed by atoms with Crippen molar-refractivity contribution in [3.05, 3.63) is 18.2 Å². The molecular formula is C14H21N3O3S.